The topological polar surface area (TPSA) is 62.3 Å². The Morgan fingerprint density at radius 3 is 2.77 bits per heavy atom. The number of amides is 2. The van der Waals surface area contributed by atoms with Crippen LogP contribution in [-0.4, -0.2) is 41.3 Å². The average molecular weight is 402 g/mol. The van der Waals surface area contributed by atoms with Crippen LogP contribution in [0, 0.1) is 23.7 Å². The molecule has 1 N–H and O–H groups in total. The van der Waals surface area contributed by atoms with E-state index in [9.17, 15) is 9.59 Å². The molecule has 2 heterocycles. The number of hydrogen-bond acceptors (Lipinski definition) is 3. The number of carbonyl (C=O) groups excluding carboxylic acids is 2. The Kier molecular flexibility index (Phi) is 5.85. The van der Waals surface area contributed by atoms with Gasteiger partial charge in [-0.2, -0.15) is 0 Å². The van der Waals surface area contributed by atoms with Gasteiger partial charge in [-0.3, -0.25) is 14.6 Å². The highest BCUT2D eigenvalue weighted by atomic mass is 16.2. The third-order valence-electron chi connectivity index (χ3n) is 6.47. The van der Waals surface area contributed by atoms with Crippen LogP contribution in [0.3, 0.4) is 0 Å². The summed E-state index contributed by atoms with van der Waals surface area (Å²) < 4.78 is 0. The van der Waals surface area contributed by atoms with Crippen LogP contribution in [0.1, 0.15) is 31.2 Å². The van der Waals surface area contributed by atoms with Crippen LogP contribution in [0.15, 0.2) is 48.8 Å². The van der Waals surface area contributed by atoms with E-state index in [1.165, 1.54) is 0 Å². The molecule has 0 bridgehead atoms. The third-order valence-corrected chi connectivity index (χ3v) is 6.47. The molecule has 1 aromatic heterocycles. The maximum absolute atomic E-state index is 13.2. The van der Waals surface area contributed by atoms with Crippen molar-refractivity contribution in [2.24, 2.45) is 11.3 Å². The van der Waals surface area contributed by atoms with Gasteiger partial charge in [-0.15, -0.1) is 6.42 Å². The fourth-order valence-electron chi connectivity index (χ4n) is 4.55. The first-order valence-corrected chi connectivity index (χ1v) is 10.6. The second-order valence-electron chi connectivity index (χ2n) is 8.38. The SMILES string of the molecule is C#CCNC(=O)[C@]1(Cc2ccccc2-c2cccnc2)CCN(C(=O)C2CCC2)C1. The third kappa shape index (κ3) is 3.95. The van der Waals surface area contributed by atoms with E-state index in [-0.39, 0.29) is 24.3 Å². The first kappa shape index (κ1) is 20.2. The summed E-state index contributed by atoms with van der Waals surface area (Å²) >= 11 is 0. The normalized spacial score (nSPS) is 21.0. The van der Waals surface area contributed by atoms with E-state index in [0.717, 1.165) is 36.0 Å². The summed E-state index contributed by atoms with van der Waals surface area (Å²) in [5.74, 6) is 2.76. The van der Waals surface area contributed by atoms with Crippen molar-refractivity contribution in [3.8, 4) is 23.5 Å². The van der Waals surface area contributed by atoms with E-state index in [1.54, 1.807) is 6.20 Å². The van der Waals surface area contributed by atoms with Crippen molar-refractivity contribution in [1.82, 2.24) is 15.2 Å². The summed E-state index contributed by atoms with van der Waals surface area (Å²) in [5, 5.41) is 2.89. The van der Waals surface area contributed by atoms with E-state index in [2.05, 4.69) is 28.4 Å². The molecular formula is C25H27N3O2. The van der Waals surface area contributed by atoms with Gasteiger partial charge in [0, 0.05) is 37.0 Å². The van der Waals surface area contributed by atoms with Crippen molar-refractivity contribution in [2.75, 3.05) is 19.6 Å². The number of nitrogens with one attached hydrogen (secondary N) is 1. The summed E-state index contributed by atoms with van der Waals surface area (Å²) in [4.78, 5) is 32.2. The van der Waals surface area contributed by atoms with Crippen LogP contribution in [-0.2, 0) is 16.0 Å². The second-order valence-corrected chi connectivity index (χ2v) is 8.38. The molecule has 5 heteroatoms. The number of benzene rings is 1. The first-order chi connectivity index (χ1) is 14.6. The van der Waals surface area contributed by atoms with E-state index in [1.807, 2.05) is 35.4 Å². The average Bonchev–Trinajstić information content (AvgIpc) is 3.17. The molecule has 2 aliphatic rings. The molecule has 1 atom stereocenters. The van der Waals surface area contributed by atoms with Crippen LogP contribution in [0.4, 0.5) is 0 Å². The zero-order valence-electron chi connectivity index (χ0n) is 17.1. The van der Waals surface area contributed by atoms with Crippen LogP contribution in [0.2, 0.25) is 0 Å². The molecule has 30 heavy (non-hydrogen) atoms. The summed E-state index contributed by atoms with van der Waals surface area (Å²) in [7, 11) is 0. The number of rotatable bonds is 6. The molecule has 0 spiro atoms. The fraction of sp³-hybridized carbons (Fsp3) is 0.400. The molecule has 2 fully saturated rings. The minimum atomic E-state index is -0.672. The molecule has 1 aromatic carbocycles. The lowest BCUT2D eigenvalue weighted by Gasteiger charge is -2.32. The largest absolute Gasteiger partial charge is 0.345 e. The van der Waals surface area contributed by atoms with Gasteiger partial charge in [0.05, 0.1) is 12.0 Å². The Balaban J connectivity index is 1.63. The Morgan fingerprint density at radius 2 is 2.07 bits per heavy atom. The van der Waals surface area contributed by atoms with Crippen molar-refractivity contribution in [2.45, 2.75) is 32.1 Å². The minimum Gasteiger partial charge on any atom is -0.345 e. The molecule has 1 saturated heterocycles. The predicted octanol–water partition coefficient (Wildman–Crippen LogP) is 3.06. The molecule has 1 saturated carbocycles. The van der Waals surface area contributed by atoms with Crippen LogP contribution < -0.4 is 5.32 Å². The highest BCUT2D eigenvalue weighted by Gasteiger charge is 2.47. The molecule has 1 aliphatic carbocycles. The smallest absolute Gasteiger partial charge is 0.229 e. The number of pyridine rings is 1. The lowest BCUT2D eigenvalue weighted by atomic mass is 9.78. The Bertz CT molecular complexity index is 962. The number of aromatic nitrogens is 1. The lowest BCUT2D eigenvalue weighted by molar-refractivity contribution is -0.138. The quantitative estimate of drug-likeness (QED) is 0.757. The Hall–Kier alpha value is -3.13. The molecular weight excluding hydrogens is 374 g/mol. The highest BCUT2D eigenvalue weighted by molar-refractivity contribution is 5.87. The van der Waals surface area contributed by atoms with E-state index >= 15 is 0 Å². The fourth-order valence-corrected chi connectivity index (χ4v) is 4.55. The van der Waals surface area contributed by atoms with Gasteiger partial charge in [-0.05, 0) is 42.9 Å². The number of likely N-dealkylation sites (tertiary alicyclic amines) is 1. The Labute approximate surface area is 177 Å². The summed E-state index contributed by atoms with van der Waals surface area (Å²) in [5.41, 5.74) is 2.50. The molecule has 0 radical (unpaired) electrons. The zero-order chi connectivity index (χ0) is 21.0. The lowest BCUT2D eigenvalue weighted by Crippen LogP contribution is -2.46. The van der Waals surface area contributed by atoms with E-state index < -0.39 is 5.41 Å². The van der Waals surface area contributed by atoms with Crippen molar-refractivity contribution in [1.29, 1.82) is 0 Å². The van der Waals surface area contributed by atoms with Gasteiger partial charge in [0.25, 0.3) is 0 Å². The monoisotopic (exact) mass is 401 g/mol. The van der Waals surface area contributed by atoms with Crippen molar-refractivity contribution in [3.63, 3.8) is 0 Å². The summed E-state index contributed by atoms with van der Waals surface area (Å²) in [6, 6.07) is 12.1. The van der Waals surface area contributed by atoms with Crippen molar-refractivity contribution in [3.05, 3.63) is 54.4 Å². The van der Waals surface area contributed by atoms with E-state index in [0.29, 0.717) is 25.9 Å². The van der Waals surface area contributed by atoms with Crippen molar-refractivity contribution >= 4 is 11.8 Å². The summed E-state index contributed by atoms with van der Waals surface area (Å²) in [6.07, 6.45) is 13.2. The molecule has 2 aromatic rings. The molecule has 0 unspecified atom stereocenters. The maximum Gasteiger partial charge on any atom is 0.229 e. The van der Waals surface area contributed by atoms with Gasteiger partial charge in [0.2, 0.25) is 11.8 Å². The van der Waals surface area contributed by atoms with Gasteiger partial charge in [0.1, 0.15) is 0 Å². The van der Waals surface area contributed by atoms with Gasteiger partial charge in [0.15, 0.2) is 0 Å². The molecule has 2 amide bonds. The molecule has 5 nitrogen and oxygen atoms in total. The summed E-state index contributed by atoms with van der Waals surface area (Å²) in [6.45, 7) is 1.26. The van der Waals surface area contributed by atoms with Crippen LogP contribution in [0.5, 0.6) is 0 Å². The highest BCUT2D eigenvalue weighted by Crippen LogP contribution is 2.39. The number of carbonyl (C=O) groups is 2. The number of nitrogens with zero attached hydrogens (tertiary/aromatic N) is 2. The molecule has 154 valence electrons. The first-order valence-electron chi connectivity index (χ1n) is 10.6. The second kappa shape index (κ2) is 8.71. The molecule has 1 aliphatic heterocycles. The predicted molar refractivity (Wildman–Crippen MR) is 116 cm³/mol. The van der Waals surface area contributed by atoms with Gasteiger partial charge in [-0.25, -0.2) is 0 Å². The van der Waals surface area contributed by atoms with E-state index in [4.69, 9.17) is 6.42 Å². The van der Waals surface area contributed by atoms with Crippen LogP contribution >= 0.6 is 0 Å². The number of terminal acetylenes is 1. The van der Waals surface area contributed by atoms with Crippen LogP contribution in [0.25, 0.3) is 11.1 Å². The van der Waals surface area contributed by atoms with Gasteiger partial charge in [-0.1, -0.05) is 42.7 Å². The standard InChI is InChI=1S/C25H27N3O2/c1-2-13-27-24(30)25(12-15-28(18-25)23(29)19-8-5-9-19)16-20-7-3-4-11-22(20)21-10-6-14-26-17-21/h1,3-4,6-7,10-11,14,17,19H,5,8-9,12-13,15-16,18H2,(H,27,30)/t25-/m0/s1. The minimum absolute atomic E-state index is 0.0645. The zero-order valence-corrected chi connectivity index (χ0v) is 17.1. The van der Waals surface area contributed by atoms with Gasteiger partial charge < -0.3 is 10.2 Å². The maximum atomic E-state index is 13.2. The number of hydrogen-bond donors (Lipinski definition) is 1. The Morgan fingerprint density at radius 1 is 1.23 bits per heavy atom. The van der Waals surface area contributed by atoms with Crippen molar-refractivity contribution < 1.29 is 9.59 Å². The van der Waals surface area contributed by atoms with Gasteiger partial charge >= 0.3 is 0 Å². The molecule has 4 rings (SSSR count).